The Hall–Kier alpha value is -2.05. The summed E-state index contributed by atoms with van der Waals surface area (Å²) in [7, 11) is 0. The molecule has 3 rings (SSSR count). The zero-order valence-corrected chi connectivity index (χ0v) is 13.1. The number of carboxylic acids is 1. The third-order valence-corrected chi connectivity index (χ3v) is 5.23. The number of nitrogens with zero attached hydrogens (tertiary/aromatic N) is 1. The number of rotatable bonds is 3. The standard InChI is InChI=1S/C17H18F3NO3/c1-10-4-2-3-5-11(10)12-8-13(12)14(22)21-7-6-16(9-21,15(23)24)17(18,19)20/h2-5,12-13H,6-9H2,1H3,(H,23,24). The van der Waals surface area contributed by atoms with Crippen LogP contribution >= 0.6 is 0 Å². The number of hydrogen-bond acceptors (Lipinski definition) is 2. The van der Waals surface area contributed by atoms with E-state index in [9.17, 15) is 22.8 Å². The number of hydrogen-bond donors (Lipinski definition) is 1. The second kappa shape index (κ2) is 5.50. The van der Waals surface area contributed by atoms with E-state index in [4.69, 9.17) is 5.11 Å². The number of aliphatic carboxylic acids is 1. The molecule has 130 valence electrons. The molecule has 0 spiro atoms. The first-order valence-electron chi connectivity index (χ1n) is 7.82. The molecular weight excluding hydrogens is 323 g/mol. The van der Waals surface area contributed by atoms with Gasteiger partial charge in [0.15, 0.2) is 5.41 Å². The molecule has 1 amide bonds. The lowest BCUT2D eigenvalue weighted by Gasteiger charge is -2.27. The Bertz CT molecular complexity index is 688. The maximum Gasteiger partial charge on any atom is 0.406 e. The highest BCUT2D eigenvalue weighted by atomic mass is 19.4. The number of carbonyl (C=O) groups is 2. The molecule has 1 aliphatic carbocycles. The van der Waals surface area contributed by atoms with Crippen molar-refractivity contribution in [2.75, 3.05) is 13.1 Å². The van der Waals surface area contributed by atoms with Gasteiger partial charge in [0.05, 0.1) is 0 Å². The molecule has 2 fully saturated rings. The number of carboxylic acid groups (broad SMARTS) is 1. The maximum atomic E-state index is 13.2. The van der Waals surface area contributed by atoms with Gasteiger partial charge in [-0.15, -0.1) is 0 Å². The van der Waals surface area contributed by atoms with Crippen LogP contribution in [-0.4, -0.2) is 41.1 Å². The zero-order chi connectivity index (χ0) is 17.7. The summed E-state index contributed by atoms with van der Waals surface area (Å²) in [5, 5.41) is 9.06. The molecule has 3 unspecified atom stereocenters. The van der Waals surface area contributed by atoms with Gasteiger partial charge in [0, 0.05) is 19.0 Å². The average Bonchev–Trinajstić information content (AvgIpc) is 3.14. The molecule has 1 aliphatic heterocycles. The fourth-order valence-corrected chi connectivity index (χ4v) is 3.57. The van der Waals surface area contributed by atoms with E-state index in [1.165, 1.54) is 0 Å². The second-order valence-electron chi connectivity index (χ2n) is 6.70. The summed E-state index contributed by atoms with van der Waals surface area (Å²) in [4.78, 5) is 24.8. The van der Waals surface area contributed by atoms with Gasteiger partial charge in [0.2, 0.25) is 5.91 Å². The average molecular weight is 341 g/mol. The fourth-order valence-electron chi connectivity index (χ4n) is 3.57. The molecule has 1 saturated heterocycles. The fraction of sp³-hybridized carbons (Fsp3) is 0.529. The first-order chi connectivity index (χ1) is 11.2. The lowest BCUT2D eigenvalue weighted by atomic mass is 9.86. The highest BCUT2D eigenvalue weighted by molar-refractivity contribution is 5.85. The van der Waals surface area contributed by atoms with Crippen molar-refractivity contribution in [2.45, 2.75) is 31.9 Å². The van der Waals surface area contributed by atoms with Crippen LogP contribution in [0.25, 0.3) is 0 Å². The van der Waals surface area contributed by atoms with Crippen molar-refractivity contribution in [3.05, 3.63) is 35.4 Å². The third kappa shape index (κ3) is 2.56. The van der Waals surface area contributed by atoms with Gasteiger partial charge in [0.1, 0.15) is 0 Å². The van der Waals surface area contributed by atoms with Crippen LogP contribution < -0.4 is 0 Å². The molecule has 3 atom stereocenters. The molecule has 1 saturated carbocycles. The largest absolute Gasteiger partial charge is 0.481 e. The van der Waals surface area contributed by atoms with Crippen LogP contribution in [0.2, 0.25) is 0 Å². The van der Waals surface area contributed by atoms with Gasteiger partial charge in [-0.3, -0.25) is 9.59 Å². The Kier molecular flexibility index (Phi) is 3.85. The number of aryl methyl sites for hydroxylation is 1. The van der Waals surface area contributed by atoms with Gasteiger partial charge < -0.3 is 10.0 Å². The van der Waals surface area contributed by atoms with E-state index in [1.54, 1.807) is 0 Å². The van der Waals surface area contributed by atoms with Gasteiger partial charge in [-0.1, -0.05) is 24.3 Å². The Morgan fingerprint density at radius 3 is 2.50 bits per heavy atom. The van der Waals surface area contributed by atoms with Crippen LogP contribution in [0.4, 0.5) is 13.2 Å². The summed E-state index contributed by atoms with van der Waals surface area (Å²) in [5.41, 5.74) is -0.750. The molecule has 1 aromatic rings. The summed E-state index contributed by atoms with van der Waals surface area (Å²) in [6, 6.07) is 7.62. The highest BCUT2D eigenvalue weighted by Crippen LogP contribution is 2.52. The van der Waals surface area contributed by atoms with Crippen molar-refractivity contribution >= 4 is 11.9 Å². The van der Waals surface area contributed by atoms with E-state index < -0.39 is 30.5 Å². The Morgan fingerprint density at radius 2 is 1.96 bits per heavy atom. The molecular formula is C17H18F3NO3. The maximum absolute atomic E-state index is 13.2. The summed E-state index contributed by atoms with van der Waals surface area (Å²) in [6.45, 7) is 0.980. The van der Waals surface area contributed by atoms with Crippen molar-refractivity contribution in [1.29, 1.82) is 0 Å². The van der Waals surface area contributed by atoms with Gasteiger partial charge in [-0.05, 0) is 36.8 Å². The zero-order valence-electron chi connectivity index (χ0n) is 13.1. The van der Waals surface area contributed by atoms with Gasteiger partial charge in [-0.25, -0.2) is 0 Å². The molecule has 2 aliphatic rings. The molecule has 7 heteroatoms. The van der Waals surface area contributed by atoms with Crippen molar-refractivity contribution in [3.8, 4) is 0 Å². The van der Waals surface area contributed by atoms with Crippen LogP contribution in [-0.2, 0) is 9.59 Å². The monoisotopic (exact) mass is 341 g/mol. The van der Waals surface area contributed by atoms with Gasteiger partial charge in [0.25, 0.3) is 0 Å². The summed E-state index contributed by atoms with van der Waals surface area (Å²) >= 11 is 0. The lowest BCUT2D eigenvalue weighted by molar-refractivity contribution is -0.227. The van der Waals surface area contributed by atoms with Crippen LogP contribution in [0.3, 0.4) is 0 Å². The summed E-state index contributed by atoms with van der Waals surface area (Å²) in [5.74, 6) is -2.60. The third-order valence-electron chi connectivity index (χ3n) is 5.23. The Labute approximate surface area is 137 Å². The number of halogens is 3. The number of carbonyl (C=O) groups excluding carboxylic acids is 1. The topological polar surface area (TPSA) is 57.6 Å². The molecule has 0 aromatic heterocycles. The number of likely N-dealkylation sites (tertiary alicyclic amines) is 1. The number of alkyl halides is 3. The summed E-state index contributed by atoms with van der Waals surface area (Å²) in [6.07, 6.45) is -4.85. The van der Waals surface area contributed by atoms with Crippen molar-refractivity contribution in [3.63, 3.8) is 0 Å². The van der Waals surface area contributed by atoms with E-state index in [0.29, 0.717) is 6.42 Å². The minimum Gasteiger partial charge on any atom is -0.481 e. The number of amides is 1. The summed E-state index contributed by atoms with van der Waals surface area (Å²) < 4.78 is 39.6. The second-order valence-corrected chi connectivity index (χ2v) is 6.70. The molecule has 1 heterocycles. The van der Waals surface area contributed by atoms with E-state index >= 15 is 0 Å². The van der Waals surface area contributed by atoms with Crippen LogP contribution in [0.15, 0.2) is 24.3 Å². The first-order valence-corrected chi connectivity index (χ1v) is 7.82. The first kappa shape index (κ1) is 16.8. The predicted molar refractivity (Wildman–Crippen MR) is 79.3 cm³/mol. The van der Waals surface area contributed by atoms with Crippen molar-refractivity contribution < 1.29 is 27.9 Å². The highest BCUT2D eigenvalue weighted by Gasteiger charge is 2.65. The molecule has 4 nitrogen and oxygen atoms in total. The Balaban J connectivity index is 1.73. The molecule has 0 bridgehead atoms. The van der Waals surface area contributed by atoms with Gasteiger partial charge >= 0.3 is 12.1 Å². The van der Waals surface area contributed by atoms with E-state index in [2.05, 4.69) is 0 Å². The van der Waals surface area contributed by atoms with E-state index in [1.807, 2.05) is 31.2 Å². The molecule has 1 aromatic carbocycles. The van der Waals surface area contributed by atoms with Crippen molar-refractivity contribution in [2.24, 2.45) is 11.3 Å². The Morgan fingerprint density at radius 1 is 1.29 bits per heavy atom. The minimum absolute atomic E-state index is 0.0180. The van der Waals surface area contributed by atoms with E-state index in [-0.39, 0.29) is 24.3 Å². The molecule has 24 heavy (non-hydrogen) atoms. The number of benzene rings is 1. The SMILES string of the molecule is Cc1ccccc1C1CC1C(=O)N1CCC(C(=O)O)(C(F)(F)F)C1. The lowest BCUT2D eigenvalue weighted by Crippen LogP contribution is -2.48. The van der Waals surface area contributed by atoms with E-state index in [0.717, 1.165) is 16.0 Å². The normalized spacial score (nSPS) is 29.6. The smallest absolute Gasteiger partial charge is 0.406 e. The minimum atomic E-state index is -4.87. The van der Waals surface area contributed by atoms with Crippen LogP contribution in [0, 0.1) is 18.3 Å². The molecule has 1 N–H and O–H groups in total. The van der Waals surface area contributed by atoms with Crippen LogP contribution in [0.1, 0.15) is 29.9 Å². The van der Waals surface area contributed by atoms with Gasteiger partial charge in [-0.2, -0.15) is 13.2 Å². The van der Waals surface area contributed by atoms with Crippen LogP contribution in [0.5, 0.6) is 0 Å². The van der Waals surface area contributed by atoms with Crippen molar-refractivity contribution in [1.82, 2.24) is 4.90 Å². The quantitative estimate of drug-likeness (QED) is 0.920. The molecule has 0 radical (unpaired) electrons. The predicted octanol–water partition coefficient (Wildman–Crippen LogP) is 2.96.